The predicted molar refractivity (Wildman–Crippen MR) is 100 cm³/mol. The molecule has 1 N–H and O–H groups in total. The van der Waals surface area contributed by atoms with Crippen LogP contribution < -0.4 is 9.46 Å². The highest BCUT2D eigenvalue weighted by atomic mass is 32.2. The summed E-state index contributed by atoms with van der Waals surface area (Å²) < 4.78 is 33.2. The maximum atomic E-state index is 12.7. The second-order valence-corrected chi connectivity index (χ2v) is 7.35. The average Bonchev–Trinajstić information content (AvgIpc) is 2.63. The summed E-state index contributed by atoms with van der Waals surface area (Å²) >= 11 is 0. The molecule has 4 nitrogen and oxygen atoms in total. The van der Waals surface area contributed by atoms with Crippen LogP contribution in [0.25, 0.3) is 11.1 Å². The molecule has 3 aromatic carbocycles. The Balaban J connectivity index is 1.88. The summed E-state index contributed by atoms with van der Waals surface area (Å²) in [6, 6.07) is 22.3. The van der Waals surface area contributed by atoms with E-state index in [1.807, 2.05) is 55.5 Å². The molecule has 0 fully saturated rings. The van der Waals surface area contributed by atoms with Gasteiger partial charge in [0.1, 0.15) is 10.6 Å². The van der Waals surface area contributed by atoms with Gasteiger partial charge in [-0.05, 0) is 47.9 Å². The number of anilines is 1. The van der Waals surface area contributed by atoms with Gasteiger partial charge in [0.15, 0.2) is 0 Å². The van der Waals surface area contributed by atoms with E-state index in [0.29, 0.717) is 11.4 Å². The summed E-state index contributed by atoms with van der Waals surface area (Å²) in [6.07, 6.45) is 0. The Morgan fingerprint density at radius 3 is 2.12 bits per heavy atom. The lowest BCUT2D eigenvalue weighted by atomic mass is 10.1. The highest BCUT2D eigenvalue weighted by Gasteiger charge is 2.19. The molecular weight excluding hydrogens is 334 g/mol. The Morgan fingerprint density at radius 2 is 1.48 bits per heavy atom. The molecule has 0 aliphatic carbocycles. The minimum absolute atomic E-state index is 0.127. The minimum atomic E-state index is -3.73. The number of ether oxygens (including phenoxy) is 1. The lowest BCUT2D eigenvalue weighted by Crippen LogP contribution is -2.14. The minimum Gasteiger partial charge on any atom is -0.495 e. The van der Waals surface area contributed by atoms with Gasteiger partial charge in [-0.1, -0.05) is 48.5 Å². The van der Waals surface area contributed by atoms with E-state index >= 15 is 0 Å². The van der Waals surface area contributed by atoms with Gasteiger partial charge in [-0.15, -0.1) is 0 Å². The fraction of sp³-hybridized carbons (Fsp3) is 0.100. The van der Waals surface area contributed by atoms with Gasteiger partial charge in [-0.3, -0.25) is 4.72 Å². The van der Waals surface area contributed by atoms with Crippen molar-refractivity contribution in [3.8, 4) is 16.9 Å². The van der Waals surface area contributed by atoms with Crippen LogP contribution in [0.2, 0.25) is 0 Å². The fourth-order valence-corrected chi connectivity index (χ4v) is 3.88. The van der Waals surface area contributed by atoms with Gasteiger partial charge >= 0.3 is 0 Å². The van der Waals surface area contributed by atoms with Crippen molar-refractivity contribution in [1.29, 1.82) is 0 Å². The lowest BCUT2D eigenvalue weighted by Gasteiger charge is -2.12. The molecule has 0 unspecified atom stereocenters. The van der Waals surface area contributed by atoms with Crippen LogP contribution in [0.15, 0.2) is 77.7 Å². The molecule has 0 saturated carbocycles. The first-order valence-electron chi connectivity index (χ1n) is 7.82. The van der Waals surface area contributed by atoms with Crippen molar-refractivity contribution in [2.24, 2.45) is 0 Å². The number of sulfonamides is 1. The van der Waals surface area contributed by atoms with Crippen LogP contribution in [0.5, 0.6) is 5.75 Å². The first-order chi connectivity index (χ1) is 12.0. The lowest BCUT2D eigenvalue weighted by molar-refractivity contribution is 0.402. The summed E-state index contributed by atoms with van der Waals surface area (Å²) in [5.41, 5.74) is 3.46. The molecule has 0 spiro atoms. The molecule has 5 heteroatoms. The van der Waals surface area contributed by atoms with Crippen LogP contribution in [0.1, 0.15) is 5.56 Å². The van der Waals surface area contributed by atoms with Crippen molar-refractivity contribution in [1.82, 2.24) is 0 Å². The maximum Gasteiger partial charge on any atom is 0.265 e. The number of hydrogen-bond acceptors (Lipinski definition) is 3. The summed E-state index contributed by atoms with van der Waals surface area (Å²) in [5, 5.41) is 0. The third kappa shape index (κ3) is 3.83. The third-order valence-electron chi connectivity index (χ3n) is 3.85. The number of methoxy groups -OCH3 is 1. The largest absolute Gasteiger partial charge is 0.495 e. The molecule has 3 aromatic rings. The van der Waals surface area contributed by atoms with E-state index in [1.165, 1.54) is 7.11 Å². The quantitative estimate of drug-likeness (QED) is 0.736. The number of hydrogen-bond donors (Lipinski definition) is 1. The molecule has 3 rings (SSSR count). The molecule has 25 heavy (non-hydrogen) atoms. The number of rotatable bonds is 5. The zero-order valence-corrected chi connectivity index (χ0v) is 14.9. The summed E-state index contributed by atoms with van der Waals surface area (Å²) in [5.74, 6) is 0.319. The summed E-state index contributed by atoms with van der Waals surface area (Å²) in [6.45, 7) is 1.84. The molecule has 0 aliphatic heterocycles. The monoisotopic (exact) mass is 353 g/mol. The summed E-state index contributed by atoms with van der Waals surface area (Å²) in [4.78, 5) is 0.127. The third-order valence-corrected chi connectivity index (χ3v) is 5.26. The summed E-state index contributed by atoms with van der Waals surface area (Å²) in [7, 11) is -2.27. The molecule has 0 radical (unpaired) electrons. The molecule has 0 aliphatic rings. The van der Waals surface area contributed by atoms with E-state index in [4.69, 9.17) is 4.74 Å². The zero-order valence-electron chi connectivity index (χ0n) is 14.1. The zero-order chi connectivity index (χ0) is 17.9. The van der Waals surface area contributed by atoms with Gasteiger partial charge in [-0.2, -0.15) is 0 Å². The molecule has 0 heterocycles. The van der Waals surface area contributed by atoms with E-state index in [2.05, 4.69) is 4.72 Å². The van der Waals surface area contributed by atoms with Gasteiger partial charge in [0.2, 0.25) is 0 Å². The topological polar surface area (TPSA) is 55.4 Å². The standard InChI is InChI=1S/C20H19NO3S/c1-15-8-13-19(24-2)20(14-15)25(22,23)21-18-11-9-17(10-12-18)16-6-4-3-5-7-16/h3-14,21H,1-2H3. The van der Waals surface area contributed by atoms with E-state index in [-0.39, 0.29) is 4.90 Å². The Morgan fingerprint density at radius 1 is 0.840 bits per heavy atom. The molecule has 0 aromatic heterocycles. The normalized spacial score (nSPS) is 11.1. The van der Waals surface area contributed by atoms with Crippen LogP contribution in [0.4, 0.5) is 5.69 Å². The number of benzene rings is 3. The van der Waals surface area contributed by atoms with Gasteiger partial charge in [-0.25, -0.2) is 8.42 Å². The van der Waals surface area contributed by atoms with Crippen molar-refractivity contribution in [3.05, 3.63) is 78.4 Å². The van der Waals surface area contributed by atoms with Gasteiger partial charge in [0.05, 0.1) is 7.11 Å². The number of nitrogens with one attached hydrogen (secondary N) is 1. The molecule has 0 bridgehead atoms. The molecule has 0 saturated heterocycles. The van der Waals surface area contributed by atoms with Gasteiger partial charge in [0.25, 0.3) is 10.0 Å². The molecule has 0 amide bonds. The smallest absolute Gasteiger partial charge is 0.265 e. The van der Waals surface area contributed by atoms with Crippen LogP contribution in [0.3, 0.4) is 0 Å². The highest BCUT2D eigenvalue weighted by molar-refractivity contribution is 7.92. The van der Waals surface area contributed by atoms with E-state index in [9.17, 15) is 8.42 Å². The second kappa shape index (κ2) is 6.99. The predicted octanol–water partition coefficient (Wildman–Crippen LogP) is 4.47. The molecule has 0 atom stereocenters. The van der Waals surface area contributed by atoms with E-state index < -0.39 is 10.0 Å². The number of aryl methyl sites for hydroxylation is 1. The second-order valence-electron chi connectivity index (χ2n) is 5.70. The van der Waals surface area contributed by atoms with E-state index in [0.717, 1.165) is 16.7 Å². The Labute approximate surface area is 148 Å². The van der Waals surface area contributed by atoms with Crippen molar-refractivity contribution < 1.29 is 13.2 Å². The SMILES string of the molecule is COc1ccc(C)cc1S(=O)(=O)Nc1ccc(-c2ccccc2)cc1. The van der Waals surface area contributed by atoms with Crippen LogP contribution in [-0.4, -0.2) is 15.5 Å². The average molecular weight is 353 g/mol. The maximum absolute atomic E-state index is 12.7. The van der Waals surface area contributed by atoms with Crippen molar-refractivity contribution >= 4 is 15.7 Å². The van der Waals surface area contributed by atoms with Crippen molar-refractivity contribution in [3.63, 3.8) is 0 Å². The first-order valence-corrected chi connectivity index (χ1v) is 9.31. The van der Waals surface area contributed by atoms with Crippen LogP contribution in [0, 0.1) is 6.92 Å². The van der Waals surface area contributed by atoms with Gasteiger partial charge in [0, 0.05) is 5.69 Å². The van der Waals surface area contributed by atoms with Crippen LogP contribution >= 0.6 is 0 Å². The van der Waals surface area contributed by atoms with Crippen molar-refractivity contribution in [2.45, 2.75) is 11.8 Å². The van der Waals surface area contributed by atoms with Gasteiger partial charge < -0.3 is 4.74 Å². The molecular formula is C20H19NO3S. The molecule has 128 valence electrons. The Bertz CT molecular complexity index is 966. The van der Waals surface area contributed by atoms with Crippen molar-refractivity contribution in [2.75, 3.05) is 11.8 Å². The Hall–Kier alpha value is -2.79. The van der Waals surface area contributed by atoms with Crippen LogP contribution in [-0.2, 0) is 10.0 Å². The Kier molecular flexibility index (Phi) is 4.76. The highest BCUT2D eigenvalue weighted by Crippen LogP contribution is 2.28. The van der Waals surface area contributed by atoms with E-state index in [1.54, 1.807) is 24.3 Å². The fourth-order valence-electron chi connectivity index (χ4n) is 2.57. The first kappa shape index (κ1) is 17.0.